The summed E-state index contributed by atoms with van der Waals surface area (Å²) in [6.45, 7) is 6.83. The second kappa shape index (κ2) is 9.39. The predicted molar refractivity (Wildman–Crippen MR) is 113 cm³/mol. The van der Waals surface area contributed by atoms with E-state index in [0.717, 1.165) is 22.2 Å². The van der Waals surface area contributed by atoms with E-state index >= 15 is 0 Å². The number of hydrogen-bond acceptors (Lipinski definition) is 4. The van der Waals surface area contributed by atoms with Crippen LogP contribution in [-0.2, 0) is 22.7 Å². The molecule has 3 rings (SSSR count). The number of anilines is 1. The highest BCUT2D eigenvalue weighted by atomic mass is 16.5. The molecule has 0 atom stereocenters. The van der Waals surface area contributed by atoms with Gasteiger partial charge in [0.1, 0.15) is 5.58 Å². The molecule has 0 fully saturated rings. The van der Waals surface area contributed by atoms with E-state index in [1.54, 1.807) is 0 Å². The third-order valence-electron chi connectivity index (χ3n) is 4.55. The molecular weight excluding hydrogens is 368 g/mol. The second-order valence-corrected chi connectivity index (χ2v) is 7.07. The van der Waals surface area contributed by atoms with Gasteiger partial charge in [0.25, 0.3) is 5.91 Å². The van der Waals surface area contributed by atoms with E-state index in [1.807, 2.05) is 69.3 Å². The number of carbonyl (C=O) groups excluding carboxylic acids is 2. The molecule has 0 radical (unpaired) electrons. The smallest absolute Gasteiger partial charge is 0.287 e. The molecule has 0 bridgehead atoms. The van der Waals surface area contributed by atoms with Crippen molar-refractivity contribution in [2.45, 2.75) is 33.9 Å². The standard InChI is InChI=1S/C23H26N2O4/c1-4-28-14-19-18-7-5-6-8-20(18)29-21(19)23(27)24-13-16-9-11-17(12-10-16)25-22(26)15(2)3/h5-12,15H,4,13-14H2,1-3H3,(H,24,27)(H,25,26). The minimum atomic E-state index is -0.284. The number of nitrogens with one attached hydrogen (secondary N) is 2. The van der Waals surface area contributed by atoms with Gasteiger partial charge in [-0.1, -0.05) is 44.2 Å². The number of para-hydroxylation sites is 1. The van der Waals surface area contributed by atoms with Crippen LogP contribution in [0.4, 0.5) is 5.69 Å². The molecule has 2 amide bonds. The first kappa shape index (κ1) is 20.6. The summed E-state index contributed by atoms with van der Waals surface area (Å²) >= 11 is 0. The molecule has 0 aliphatic rings. The quantitative estimate of drug-likeness (QED) is 0.590. The maximum absolute atomic E-state index is 12.7. The molecule has 6 heteroatoms. The van der Waals surface area contributed by atoms with E-state index in [-0.39, 0.29) is 23.5 Å². The molecule has 0 saturated heterocycles. The lowest BCUT2D eigenvalue weighted by Gasteiger charge is -2.09. The van der Waals surface area contributed by atoms with E-state index in [2.05, 4.69) is 10.6 Å². The fraction of sp³-hybridized carbons (Fsp3) is 0.304. The largest absolute Gasteiger partial charge is 0.451 e. The molecule has 2 N–H and O–H groups in total. The maximum Gasteiger partial charge on any atom is 0.287 e. The normalized spacial score (nSPS) is 11.0. The Kier molecular flexibility index (Phi) is 6.67. The lowest BCUT2D eigenvalue weighted by atomic mass is 10.1. The fourth-order valence-electron chi connectivity index (χ4n) is 2.88. The van der Waals surface area contributed by atoms with Crippen LogP contribution in [-0.4, -0.2) is 18.4 Å². The number of furan rings is 1. The molecule has 0 unspecified atom stereocenters. The zero-order valence-corrected chi connectivity index (χ0v) is 17.0. The summed E-state index contributed by atoms with van der Waals surface area (Å²) in [4.78, 5) is 24.5. The van der Waals surface area contributed by atoms with Gasteiger partial charge in [-0.05, 0) is 30.7 Å². The highest BCUT2D eigenvalue weighted by molar-refractivity contribution is 5.99. The van der Waals surface area contributed by atoms with E-state index in [1.165, 1.54) is 0 Å². The van der Waals surface area contributed by atoms with Gasteiger partial charge in [-0.3, -0.25) is 9.59 Å². The zero-order valence-electron chi connectivity index (χ0n) is 17.0. The summed E-state index contributed by atoms with van der Waals surface area (Å²) in [5.41, 5.74) is 3.07. The van der Waals surface area contributed by atoms with Crippen LogP contribution in [0.25, 0.3) is 11.0 Å². The molecule has 0 saturated carbocycles. The van der Waals surface area contributed by atoms with Crippen molar-refractivity contribution >= 4 is 28.5 Å². The SMILES string of the molecule is CCOCc1c(C(=O)NCc2ccc(NC(=O)C(C)C)cc2)oc2ccccc12. The van der Waals surface area contributed by atoms with Gasteiger partial charge in [0.2, 0.25) is 5.91 Å². The Balaban J connectivity index is 1.68. The van der Waals surface area contributed by atoms with Crippen molar-refractivity contribution in [2.75, 3.05) is 11.9 Å². The van der Waals surface area contributed by atoms with Crippen LogP contribution >= 0.6 is 0 Å². The predicted octanol–water partition coefficient (Wildman–Crippen LogP) is 4.49. The van der Waals surface area contributed by atoms with E-state index in [0.29, 0.717) is 25.3 Å². The molecule has 29 heavy (non-hydrogen) atoms. The summed E-state index contributed by atoms with van der Waals surface area (Å²) in [5.74, 6) is -0.116. The molecule has 1 aromatic heterocycles. The van der Waals surface area contributed by atoms with Gasteiger partial charge in [-0.15, -0.1) is 0 Å². The van der Waals surface area contributed by atoms with Gasteiger partial charge in [0.15, 0.2) is 5.76 Å². The van der Waals surface area contributed by atoms with E-state index in [9.17, 15) is 9.59 Å². The molecular formula is C23H26N2O4. The highest BCUT2D eigenvalue weighted by Crippen LogP contribution is 2.26. The van der Waals surface area contributed by atoms with Crippen molar-refractivity contribution in [2.24, 2.45) is 5.92 Å². The molecule has 6 nitrogen and oxygen atoms in total. The topological polar surface area (TPSA) is 80.6 Å². The Morgan fingerprint density at radius 1 is 1.07 bits per heavy atom. The molecule has 3 aromatic rings. The first-order valence-electron chi connectivity index (χ1n) is 9.75. The zero-order chi connectivity index (χ0) is 20.8. The third-order valence-corrected chi connectivity index (χ3v) is 4.55. The van der Waals surface area contributed by atoms with E-state index in [4.69, 9.17) is 9.15 Å². The van der Waals surface area contributed by atoms with Crippen molar-refractivity contribution in [3.05, 3.63) is 65.4 Å². The first-order chi connectivity index (χ1) is 14.0. The second-order valence-electron chi connectivity index (χ2n) is 7.07. The summed E-state index contributed by atoms with van der Waals surface area (Å²) < 4.78 is 11.3. The number of carbonyl (C=O) groups is 2. The number of fused-ring (bicyclic) bond motifs is 1. The Hall–Kier alpha value is -3.12. The molecule has 0 aliphatic heterocycles. The van der Waals surface area contributed by atoms with Crippen LogP contribution in [0, 0.1) is 5.92 Å². The Morgan fingerprint density at radius 3 is 2.48 bits per heavy atom. The van der Waals surface area contributed by atoms with Gasteiger partial charge >= 0.3 is 0 Å². The number of amides is 2. The number of rotatable bonds is 8. The minimum absolute atomic E-state index is 0.0298. The molecule has 1 heterocycles. The molecule has 152 valence electrons. The number of ether oxygens (including phenoxy) is 1. The van der Waals surface area contributed by atoms with Crippen LogP contribution in [0.15, 0.2) is 52.9 Å². The van der Waals surface area contributed by atoms with Crippen LogP contribution in [0.2, 0.25) is 0 Å². The van der Waals surface area contributed by atoms with Crippen molar-refractivity contribution in [3.63, 3.8) is 0 Å². The summed E-state index contributed by atoms with van der Waals surface area (Å²) in [7, 11) is 0. The summed E-state index contributed by atoms with van der Waals surface area (Å²) in [5, 5.41) is 6.63. The van der Waals surface area contributed by atoms with E-state index < -0.39 is 0 Å². The highest BCUT2D eigenvalue weighted by Gasteiger charge is 2.20. The minimum Gasteiger partial charge on any atom is -0.451 e. The van der Waals surface area contributed by atoms with Crippen molar-refractivity contribution < 1.29 is 18.7 Å². The number of hydrogen-bond donors (Lipinski definition) is 2. The first-order valence-corrected chi connectivity index (χ1v) is 9.75. The lowest BCUT2D eigenvalue weighted by Crippen LogP contribution is -2.23. The van der Waals surface area contributed by atoms with Gasteiger partial charge < -0.3 is 19.8 Å². The summed E-state index contributed by atoms with van der Waals surface area (Å²) in [6, 6.07) is 14.9. The Morgan fingerprint density at radius 2 is 1.79 bits per heavy atom. The van der Waals surface area contributed by atoms with Crippen molar-refractivity contribution in [1.82, 2.24) is 5.32 Å². The molecule has 0 aliphatic carbocycles. The van der Waals surface area contributed by atoms with Crippen LogP contribution < -0.4 is 10.6 Å². The van der Waals surface area contributed by atoms with Crippen LogP contribution in [0.1, 0.15) is 42.5 Å². The molecule has 0 spiro atoms. The fourth-order valence-corrected chi connectivity index (χ4v) is 2.88. The Labute approximate surface area is 170 Å². The lowest BCUT2D eigenvalue weighted by molar-refractivity contribution is -0.118. The summed E-state index contributed by atoms with van der Waals surface area (Å²) in [6.07, 6.45) is 0. The average molecular weight is 394 g/mol. The van der Waals surface area contributed by atoms with Gasteiger partial charge in [-0.25, -0.2) is 0 Å². The van der Waals surface area contributed by atoms with Crippen molar-refractivity contribution in [1.29, 1.82) is 0 Å². The molecule has 2 aromatic carbocycles. The van der Waals surface area contributed by atoms with Gasteiger partial charge in [-0.2, -0.15) is 0 Å². The monoisotopic (exact) mass is 394 g/mol. The average Bonchev–Trinajstić information content (AvgIpc) is 3.10. The van der Waals surface area contributed by atoms with Gasteiger partial charge in [0.05, 0.1) is 6.61 Å². The number of benzene rings is 2. The maximum atomic E-state index is 12.7. The van der Waals surface area contributed by atoms with Crippen LogP contribution in [0.5, 0.6) is 0 Å². The van der Waals surface area contributed by atoms with Gasteiger partial charge in [0, 0.05) is 35.7 Å². The van der Waals surface area contributed by atoms with Crippen LogP contribution in [0.3, 0.4) is 0 Å². The van der Waals surface area contributed by atoms with Crippen molar-refractivity contribution in [3.8, 4) is 0 Å². The Bertz CT molecular complexity index is 990. The third kappa shape index (κ3) is 5.03.